The van der Waals surface area contributed by atoms with Crippen molar-refractivity contribution in [3.8, 4) is 11.4 Å². The van der Waals surface area contributed by atoms with Crippen molar-refractivity contribution in [3.05, 3.63) is 51.9 Å². The van der Waals surface area contributed by atoms with Crippen LogP contribution in [0.25, 0.3) is 22.4 Å². The van der Waals surface area contributed by atoms with Crippen molar-refractivity contribution in [1.82, 2.24) is 9.97 Å². The Morgan fingerprint density at radius 2 is 1.82 bits per heavy atom. The summed E-state index contributed by atoms with van der Waals surface area (Å²) >= 11 is 2.24. The fraction of sp³-hybridized carbons (Fsp3) is 0. The first-order chi connectivity index (χ1) is 8.24. The molecule has 0 radical (unpaired) electrons. The first-order valence-electron chi connectivity index (χ1n) is 5.14. The summed E-state index contributed by atoms with van der Waals surface area (Å²) in [5.74, 6) is 0.400. The second-order valence-corrected chi connectivity index (χ2v) is 4.97. The Hall–Kier alpha value is -1.43. The fourth-order valence-electron chi connectivity index (χ4n) is 1.74. The number of imidazole rings is 1. The molecule has 0 aliphatic rings. The first kappa shape index (κ1) is 10.7. The van der Waals surface area contributed by atoms with Crippen molar-refractivity contribution in [3.63, 3.8) is 0 Å². The van der Waals surface area contributed by atoms with Crippen LogP contribution >= 0.6 is 22.6 Å². The smallest absolute Gasteiger partial charge is 0.151 e. The van der Waals surface area contributed by atoms with Gasteiger partial charge in [-0.2, -0.15) is 0 Å². The van der Waals surface area contributed by atoms with Gasteiger partial charge in [0.1, 0.15) is 11.3 Å². The zero-order valence-corrected chi connectivity index (χ0v) is 10.9. The maximum atomic E-state index is 13.5. The van der Waals surface area contributed by atoms with Crippen molar-refractivity contribution in [2.75, 3.05) is 0 Å². The summed E-state index contributed by atoms with van der Waals surface area (Å²) in [5.41, 5.74) is 2.07. The zero-order chi connectivity index (χ0) is 11.8. The molecule has 2 aromatic carbocycles. The number of hydrogen-bond acceptors (Lipinski definition) is 1. The van der Waals surface area contributed by atoms with E-state index in [9.17, 15) is 4.39 Å². The number of H-pyrrole nitrogens is 1. The molecule has 3 rings (SSSR count). The van der Waals surface area contributed by atoms with Crippen LogP contribution in [-0.2, 0) is 0 Å². The predicted molar refractivity (Wildman–Crippen MR) is 74.2 cm³/mol. The monoisotopic (exact) mass is 338 g/mol. The average molecular weight is 338 g/mol. The van der Waals surface area contributed by atoms with E-state index in [2.05, 4.69) is 32.6 Å². The van der Waals surface area contributed by atoms with Crippen LogP contribution in [0.2, 0.25) is 0 Å². The maximum absolute atomic E-state index is 13.5. The van der Waals surface area contributed by atoms with E-state index >= 15 is 0 Å². The van der Waals surface area contributed by atoms with E-state index in [0.717, 1.165) is 14.7 Å². The van der Waals surface area contributed by atoms with Gasteiger partial charge in [-0.3, -0.25) is 0 Å². The quantitative estimate of drug-likeness (QED) is 0.668. The van der Waals surface area contributed by atoms with Crippen molar-refractivity contribution >= 4 is 33.6 Å². The van der Waals surface area contributed by atoms with Gasteiger partial charge in [0.05, 0.1) is 5.52 Å². The van der Waals surface area contributed by atoms with Crippen molar-refractivity contribution in [1.29, 1.82) is 0 Å². The molecule has 0 spiro atoms. The zero-order valence-electron chi connectivity index (χ0n) is 8.74. The molecule has 0 saturated heterocycles. The second-order valence-electron chi connectivity index (χ2n) is 3.73. The lowest BCUT2D eigenvalue weighted by Crippen LogP contribution is -1.80. The van der Waals surface area contributed by atoms with Gasteiger partial charge in [-0.15, -0.1) is 0 Å². The molecule has 0 aliphatic carbocycles. The van der Waals surface area contributed by atoms with Crippen LogP contribution in [0.15, 0.2) is 42.5 Å². The van der Waals surface area contributed by atoms with Gasteiger partial charge in [-0.05, 0) is 46.9 Å². The summed E-state index contributed by atoms with van der Waals surface area (Å²) in [4.78, 5) is 7.40. The first-order valence-corrected chi connectivity index (χ1v) is 6.22. The Balaban J connectivity index is 2.18. The molecule has 0 amide bonds. The molecule has 17 heavy (non-hydrogen) atoms. The number of para-hydroxylation sites is 1. The molecule has 0 fully saturated rings. The molecule has 2 nitrogen and oxygen atoms in total. The average Bonchev–Trinajstić information content (AvgIpc) is 2.75. The number of rotatable bonds is 1. The van der Waals surface area contributed by atoms with Crippen LogP contribution in [0.5, 0.6) is 0 Å². The van der Waals surface area contributed by atoms with Crippen molar-refractivity contribution < 1.29 is 4.39 Å². The topological polar surface area (TPSA) is 28.7 Å². The lowest BCUT2D eigenvalue weighted by Gasteiger charge is -1.95. The number of fused-ring (bicyclic) bond motifs is 1. The van der Waals surface area contributed by atoms with Gasteiger partial charge in [0.25, 0.3) is 0 Å². The number of aromatic nitrogens is 2. The number of halogens is 2. The van der Waals surface area contributed by atoms with Gasteiger partial charge < -0.3 is 4.98 Å². The van der Waals surface area contributed by atoms with Crippen molar-refractivity contribution in [2.24, 2.45) is 0 Å². The summed E-state index contributed by atoms with van der Waals surface area (Å²) < 4.78 is 14.7. The number of benzene rings is 2. The third-order valence-electron chi connectivity index (χ3n) is 2.58. The fourth-order valence-corrected chi connectivity index (χ4v) is 2.10. The van der Waals surface area contributed by atoms with E-state index in [1.807, 2.05) is 30.3 Å². The molecular weight excluding hydrogens is 330 g/mol. The summed E-state index contributed by atoms with van der Waals surface area (Å²) in [6.45, 7) is 0. The molecule has 1 N–H and O–H groups in total. The van der Waals surface area contributed by atoms with Gasteiger partial charge in [0.2, 0.25) is 0 Å². The Morgan fingerprint density at radius 3 is 2.53 bits per heavy atom. The molecule has 1 heterocycles. The van der Waals surface area contributed by atoms with E-state index in [1.165, 1.54) is 6.07 Å². The molecule has 4 heteroatoms. The second kappa shape index (κ2) is 4.10. The van der Waals surface area contributed by atoms with Gasteiger partial charge in [-0.1, -0.05) is 18.2 Å². The Bertz CT molecular complexity index is 673. The van der Waals surface area contributed by atoms with E-state index in [4.69, 9.17) is 0 Å². The molecule has 0 atom stereocenters. The van der Waals surface area contributed by atoms with Crippen LogP contribution in [-0.4, -0.2) is 9.97 Å². The molecule has 0 saturated carbocycles. The predicted octanol–water partition coefficient (Wildman–Crippen LogP) is 3.97. The highest BCUT2D eigenvalue weighted by molar-refractivity contribution is 14.1. The van der Waals surface area contributed by atoms with E-state index in [0.29, 0.717) is 11.3 Å². The van der Waals surface area contributed by atoms with Crippen LogP contribution < -0.4 is 0 Å². The highest BCUT2D eigenvalue weighted by Gasteiger charge is 2.08. The van der Waals surface area contributed by atoms with Crippen LogP contribution in [0.4, 0.5) is 4.39 Å². The van der Waals surface area contributed by atoms with Gasteiger partial charge in [0.15, 0.2) is 5.82 Å². The summed E-state index contributed by atoms with van der Waals surface area (Å²) in [5, 5.41) is 0. The molecule has 1 aromatic heterocycles. The Labute approximate surface area is 111 Å². The molecular formula is C13H8FIN2. The minimum atomic E-state index is -0.296. The van der Waals surface area contributed by atoms with E-state index < -0.39 is 0 Å². The highest BCUT2D eigenvalue weighted by atomic mass is 127. The van der Waals surface area contributed by atoms with Gasteiger partial charge in [-0.25, -0.2) is 9.37 Å². The summed E-state index contributed by atoms with van der Waals surface area (Å²) in [7, 11) is 0. The minimum Gasteiger partial charge on any atom is -0.338 e. The molecule has 0 aliphatic heterocycles. The van der Waals surface area contributed by atoms with E-state index in [-0.39, 0.29) is 5.82 Å². The van der Waals surface area contributed by atoms with Gasteiger partial charge in [0, 0.05) is 9.13 Å². The molecule has 84 valence electrons. The third kappa shape index (κ3) is 1.93. The standard InChI is InChI=1S/C13H8FIN2/c14-10-2-1-3-11-12(10)17-13(16-11)8-4-6-9(15)7-5-8/h1-7H,(H,16,17). The summed E-state index contributed by atoms with van der Waals surface area (Å²) in [6, 6.07) is 12.9. The van der Waals surface area contributed by atoms with Gasteiger partial charge >= 0.3 is 0 Å². The number of aromatic amines is 1. The maximum Gasteiger partial charge on any atom is 0.151 e. The molecule has 0 unspecified atom stereocenters. The lowest BCUT2D eigenvalue weighted by atomic mass is 10.2. The molecule has 0 bridgehead atoms. The molecule has 3 aromatic rings. The largest absolute Gasteiger partial charge is 0.338 e. The van der Waals surface area contributed by atoms with Crippen LogP contribution in [0.3, 0.4) is 0 Å². The van der Waals surface area contributed by atoms with E-state index in [1.54, 1.807) is 6.07 Å². The van der Waals surface area contributed by atoms with Crippen LogP contribution in [0, 0.1) is 9.39 Å². The lowest BCUT2D eigenvalue weighted by molar-refractivity contribution is 0.637. The number of hydrogen-bond donors (Lipinski definition) is 1. The normalized spacial score (nSPS) is 10.9. The number of nitrogens with zero attached hydrogens (tertiary/aromatic N) is 1. The minimum absolute atomic E-state index is 0.296. The Morgan fingerprint density at radius 1 is 1.06 bits per heavy atom. The van der Waals surface area contributed by atoms with Crippen molar-refractivity contribution in [2.45, 2.75) is 0 Å². The highest BCUT2D eigenvalue weighted by Crippen LogP contribution is 2.22. The number of nitrogens with one attached hydrogen (secondary N) is 1. The van der Waals surface area contributed by atoms with Crippen LogP contribution in [0.1, 0.15) is 0 Å². The SMILES string of the molecule is Fc1cccc2[nH]c(-c3ccc(I)cc3)nc12. The Kier molecular flexibility index (Phi) is 2.58. The third-order valence-corrected chi connectivity index (χ3v) is 3.30. The summed E-state index contributed by atoms with van der Waals surface area (Å²) in [6.07, 6.45) is 0.